The number of rotatable bonds is 3. The highest BCUT2D eigenvalue weighted by Crippen LogP contribution is 2.64. The fraction of sp³-hybridized carbons (Fsp3) is 0.652. The second-order valence-corrected chi connectivity index (χ2v) is 10.1. The summed E-state index contributed by atoms with van der Waals surface area (Å²) >= 11 is 0. The highest BCUT2D eigenvalue weighted by molar-refractivity contribution is 5.88. The van der Waals surface area contributed by atoms with E-state index in [1.807, 2.05) is 23.1 Å². The third kappa shape index (κ3) is 3.87. The van der Waals surface area contributed by atoms with Crippen LogP contribution in [0.4, 0.5) is 5.69 Å². The Morgan fingerprint density at radius 2 is 1.72 bits per heavy atom. The van der Waals surface area contributed by atoms with E-state index >= 15 is 0 Å². The smallest absolute Gasteiger partial charge is 0.308 e. The number of carboxylic acid groups (broad SMARTS) is 1. The molecule has 0 radical (unpaired) electrons. The Bertz CT molecular complexity index is 767. The first-order valence-electron chi connectivity index (χ1n) is 10.8. The van der Waals surface area contributed by atoms with Crippen LogP contribution in [-0.2, 0) is 9.59 Å². The van der Waals surface area contributed by atoms with Crippen molar-refractivity contribution < 1.29 is 14.7 Å². The fourth-order valence-electron chi connectivity index (χ4n) is 5.59. The number of aliphatic carboxylic acids is 1. The Balaban J connectivity index is 1.39. The molecular formula is C23H33N3O3. The molecule has 1 spiro atoms. The Hall–Kier alpha value is -2.08. The van der Waals surface area contributed by atoms with E-state index in [9.17, 15) is 14.7 Å². The molecule has 0 aromatic heterocycles. The van der Waals surface area contributed by atoms with Gasteiger partial charge in [-0.05, 0) is 41.7 Å². The highest BCUT2D eigenvalue weighted by atomic mass is 16.4. The van der Waals surface area contributed by atoms with Crippen molar-refractivity contribution in [1.29, 1.82) is 0 Å². The zero-order valence-electron chi connectivity index (χ0n) is 17.7. The normalized spacial score (nSPS) is 32.3. The Morgan fingerprint density at radius 3 is 2.28 bits per heavy atom. The van der Waals surface area contributed by atoms with Gasteiger partial charge in [-0.15, -0.1) is 0 Å². The molecular weight excluding hydrogens is 366 g/mol. The molecule has 1 aromatic rings. The first-order chi connectivity index (χ1) is 13.7. The maximum absolute atomic E-state index is 13.2. The van der Waals surface area contributed by atoms with Gasteiger partial charge in [-0.25, -0.2) is 0 Å². The van der Waals surface area contributed by atoms with Crippen LogP contribution >= 0.6 is 0 Å². The van der Waals surface area contributed by atoms with E-state index in [0.717, 1.165) is 26.1 Å². The summed E-state index contributed by atoms with van der Waals surface area (Å²) in [5.41, 5.74) is 1.39. The van der Waals surface area contributed by atoms with E-state index in [1.165, 1.54) is 5.69 Å². The number of amides is 1. The standard InChI is InChI=1S/C23H33N3O3/c1-22(2,3)18-14-23(18)13-17(21(28)29)19(24-15-23)20(27)26-11-9-25(10-12-26)16-7-5-4-6-8-16/h4-8,17-19,24H,9-15H2,1-3H3,(H,28,29)/t17-,18?,19-,23?/m0/s1. The van der Waals surface area contributed by atoms with Crippen LogP contribution in [0.15, 0.2) is 30.3 Å². The van der Waals surface area contributed by atoms with Crippen molar-refractivity contribution in [2.75, 3.05) is 37.6 Å². The lowest BCUT2D eigenvalue weighted by Crippen LogP contribution is -2.60. The molecule has 2 heterocycles. The molecule has 4 atom stereocenters. The van der Waals surface area contributed by atoms with Crippen molar-refractivity contribution in [2.45, 2.75) is 39.7 Å². The van der Waals surface area contributed by atoms with Gasteiger partial charge in [0, 0.05) is 38.4 Å². The number of nitrogens with one attached hydrogen (secondary N) is 1. The van der Waals surface area contributed by atoms with E-state index in [2.05, 4.69) is 43.1 Å². The predicted molar refractivity (Wildman–Crippen MR) is 113 cm³/mol. The van der Waals surface area contributed by atoms with Crippen LogP contribution in [0, 0.1) is 22.7 Å². The Labute approximate surface area is 173 Å². The molecule has 1 aliphatic carbocycles. The zero-order chi connectivity index (χ0) is 20.8. The monoisotopic (exact) mass is 399 g/mol. The van der Waals surface area contributed by atoms with Crippen LogP contribution in [-0.4, -0.2) is 60.6 Å². The van der Waals surface area contributed by atoms with E-state index < -0.39 is 17.9 Å². The number of para-hydroxylation sites is 1. The third-order valence-electron chi connectivity index (χ3n) is 7.23. The van der Waals surface area contributed by atoms with Gasteiger partial charge >= 0.3 is 5.97 Å². The number of anilines is 1. The molecule has 1 amide bonds. The lowest BCUT2D eigenvalue weighted by atomic mass is 9.76. The number of carbonyl (C=O) groups is 2. The number of hydrogen-bond acceptors (Lipinski definition) is 4. The van der Waals surface area contributed by atoms with E-state index in [-0.39, 0.29) is 16.7 Å². The van der Waals surface area contributed by atoms with Crippen LogP contribution in [0.2, 0.25) is 0 Å². The largest absolute Gasteiger partial charge is 0.481 e. The summed E-state index contributed by atoms with van der Waals surface area (Å²) in [6, 6.07) is 9.61. The molecule has 4 rings (SSSR count). The average molecular weight is 400 g/mol. The molecule has 6 heteroatoms. The van der Waals surface area contributed by atoms with Crippen molar-refractivity contribution in [2.24, 2.45) is 22.7 Å². The topological polar surface area (TPSA) is 72.9 Å². The van der Waals surface area contributed by atoms with E-state index in [0.29, 0.717) is 25.4 Å². The fourth-order valence-corrected chi connectivity index (χ4v) is 5.59. The van der Waals surface area contributed by atoms with Crippen molar-refractivity contribution in [1.82, 2.24) is 10.2 Å². The molecule has 0 bridgehead atoms. The minimum absolute atomic E-state index is 0.0457. The minimum Gasteiger partial charge on any atom is -0.481 e. The second kappa shape index (κ2) is 7.31. The molecule has 2 saturated heterocycles. The zero-order valence-corrected chi connectivity index (χ0v) is 17.7. The molecule has 1 aromatic carbocycles. The van der Waals surface area contributed by atoms with Gasteiger partial charge in [0.05, 0.1) is 5.92 Å². The molecule has 3 fully saturated rings. The van der Waals surface area contributed by atoms with Gasteiger partial charge in [-0.3, -0.25) is 9.59 Å². The summed E-state index contributed by atoms with van der Waals surface area (Å²) in [6.45, 7) is 10.2. The molecule has 2 N–H and O–H groups in total. The van der Waals surface area contributed by atoms with Crippen LogP contribution in [0.3, 0.4) is 0 Å². The summed E-state index contributed by atoms with van der Waals surface area (Å²) < 4.78 is 0. The summed E-state index contributed by atoms with van der Waals surface area (Å²) in [5.74, 6) is -1.02. The van der Waals surface area contributed by atoms with Gasteiger partial charge in [0.1, 0.15) is 6.04 Å². The molecule has 6 nitrogen and oxygen atoms in total. The quantitative estimate of drug-likeness (QED) is 0.817. The van der Waals surface area contributed by atoms with Crippen molar-refractivity contribution in [3.8, 4) is 0 Å². The highest BCUT2D eigenvalue weighted by Gasteiger charge is 2.62. The second-order valence-electron chi connectivity index (χ2n) is 10.1. The molecule has 2 unspecified atom stereocenters. The van der Waals surface area contributed by atoms with E-state index in [4.69, 9.17) is 0 Å². The lowest BCUT2D eigenvalue weighted by molar-refractivity contribution is -0.151. The van der Waals surface area contributed by atoms with Crippen molar-refractivity contribution in [3.05, 3.63) is 30.3 Å². The van der Waals surface area contributed by atoms with E-state index in [1.54, 1.807) is 0 Å². The first kappa shape index (κ1) is 20.2. The molecule has 29 heavy (non-hydrogen) atoms. The van der Waals surface area contributed by atoms with Crippen LogP contribution in [0.1, 0.15) is 33.6 Å². The maximum Gasteiger partial charge on any atom is 0.308 e. The summed E-state index contributed by atoms with van der Waals surface area (Å²) in [4.78, 5) is 29.4. The number of carbonyl (C=O) groups excluding carboxylic acids is 1. The van der Waals surface area contributed by atoms with Gasteiger partial charge in [0.2, 0.25) is 5.91 Å². The maximum atomic E-state index is 13.2. The van der Waals surface area contributed by atoms with Gasteiger partial charge in [0.25, 0.3) is 0 Å². The van der Waals surface area contributed by atoms with Gasteiger partial charge in [0.15, 0.2) is 0 Å². The van der Waals surface area contributed by atoms with Gasteiger partial charge in [-0.1, -0.05) is 39.0 Å². The number of piperazine rings is 1. The lowest BCUT2D eigenvalue weighted by Gasteiger charge is -2.41. The molecule has 158 valence electrons. The van der Waals surface area contributed by atoms with Crippen molar-refractivity contribution >= 4 is 17.6 Å². The van der Waals surface area contributed by atoms with Crippen molar-refractivity contribution in [3.63, 3.8) is 0 Å². The molecule has 3 aliphatic rings. The summed E-state index contributed by atoms with van der Waals surface area (Å²) in [7, 11) is 0. The van der Waals surface area contributed by atoms with Crippen LogP contribution in [0.25, 0.3) is 0 Å². The number of benzene rings is 1. The van der Waals surface area contributed by atoms with Crippen LogP contribution in [0.5, 0.6) is 0 Å². The predicted octanol–water partition coefficient (Wildman–Crippen LogP) is 2.45. The minimum atomic E-state index is -0.850. The average Bonchev–Trinajstić information content (AvgIpc) is 3.42. The SMILES string of the molecule is CC(C)(C)C1CC12CN[C@H](C(=O)N1CCN(c3ccccc3)CC1)[C@@H](C(=O)O)C2. The van der Waals surface area contributed by atoms with Gasteiger partial charge < -0.3 is 20.2 Å². The summed E-state index contributed by atoms with van der Waals surface area (Å²) in [5, 5.41) is 13.2. The Kier molecular flexibility index (Phi) is 5.09. The van der Waals surface area contributed by atoms with Gasteiger partial charge in [-0.2, -0.15) is 0 Å². The van der Waals surface area contributed by atoms with Crippen LogP contribution < -0.4 is 10.2 Å². The number of nitrogens with zero attached hydrogens (tertiary/aromatic N) is 2. The number of piperidine rings is 1. The molecule has 1 saturated carbocycles. The summed E-state index contributed by atoms with van der Waals surface area (Å²) in [6.07, 6.45) is 1.67. The number of hydrogen-bond donors (Lipinski definition) is 2. The first-order valence-corrected chi connectivity index (χ1v) is 10.8. The third-order valence-corrected chi connectivity index (χ3v) is 7.23. The molecule has 2 aliphatic heterocycles. The Morgan fingerprint density at radius 1 is 1.07 bits per heavy atom. The number of carboxylic acids is 1.